The van der Waals surface area contributed by atoms with E-state index in [1.165, 1.54) is 11.3 Å². The van der Waals surface area contributed by atoms with Crippen molar-refractivity contribution in [3.8, 4) is 0 Å². The van der Waals surface area contributed by atoms with Gasteiger partial charge in [0.2, 0.25) is 5.78 Å². The van der Waals surface area contributed by atoms with Crippen LogP contribution in [0.1, 0.15) is 43.4 Å². The molecule has 0 saturated carbocycles. The lowest BCUT2D eigenvalue weighted by Crippen LogP contribution is -2.50. The molecule has 0 radical (unpaired) electrons. The summed E-state index contributed by atoms with van der Waals surface area (Å²) >= 11 is 1.37. The highest BCUT2D eigenvalue weighted by Gasteiger charge is 2.30. The first-order chi connectivity index (χ1) is 10.8. The minimum absolute atomic E-state index is 0.0422. The molecule has 1 fully saturated rings. The molecule has 128 valence electrons. The first-order valence-corrected chi connectivity index (χ1v) is 8.75. The molecule has 1 aliphatic rings. The van der Waals surface area contributed by atoms with Crippen LogP contribution in [-0.2, 0) is 4.74 Å². The number of carbonyl (C=O) groups excluding carboxylic acids is 2. The van der Waals surface area contributed by atoms with Crippen LogP contribution in [0.5, 0.6) is 0 Å². The summed E-state index contributed by atoms with van der Waals surface area (Å²) in [5.41, 5.74) is -0.500. The van der Waals surface area contributed by atoms with Gasteiger partial charge >= 0.3 is 6.09 Å². The highest BCUT2D eigenvalue weighted by molar-refractivity contribution is 7.11. The molecule has 1 amide bonds. The second-order valence-corrected chi connectivity index (χ2v) is 7.78. The van der Waals surface area contributed by atoms with Crippen molar-refractivity contribution in [1.82, 2.24) is 14.8 Å². The fourth-order valence-electron chi connectivity index (χ4n) is 2.61. The lowest BCUT2D eigenvalue weighted by atomic mass is 10.0. The summed E-state index contributed by atoms with van der Waals surface area (Å²) in [4.78, 5) is 32.2. The molecule has 1 saturated heterocycles. The number of ether oxygens (including phenoxy) is 1. The van der Waals surface area contributed by atoms with Crippen LogP contribution in [0.15, 0.2) is 11.6 Å². The van der Waals surface area contributed by atoms with E-state index in [4.69, 9.17) is 4.74 Å². The predicted molar refractivity (Wildman–Crippen MR) is 89.9 cm³/mol. The number of hydrogen-bond acceptors (Lipinski definition) is 6. The zero-order chi connectivity index (χ0) is 17.0. The van der Waals surface area contributed by atoms with Gasteiger partial charge in [0, 0.05) is 31.2 Å². The van der Waals surface area contributed by atoms with E-state index in [0.29, 0.717) is 18.1 Å². The van der Waals surface area contributed by atoms with E-state index in [2.05, 4.69) is 9.88 Å². The maximum atomic E-state index is 12.2. The second-order valence-electron chi connectivity index (χ2n) is 6.88. The summed E-state index contributed by atoms with van der Waals surface area (Å²) in [6.45, 7) is 7.49. The van der Waals surface area contributed by atoms with E-state index in [1.54, 1.807) is 18.1 Å². The van der Waals surface area contributed by atoms with Crippen LogP contribution in [0.3, 0.4) is 0 Å². The van der Waals surface area contributed by atoms with Crippen molar-refractivity contribution < 1.29 is 14.3 Å². The molecule has 23 heavy (non-hydrogen) atoms. The monoisotopic (exact) mass is 339 g/mol. The maximum Gasteiger partial charge on any atom is 0.410 e. The van der Waals surface area contributed by atoms with Crippen molar-refractivity contribution in [2.45, 2.75) is 45.3 Å². The topological polar surface area (TPSA) is 62.7 Å². The summed E-state index contributed by atoms with van der Waals surface area (Å²) in [6.07, 6.45) is 3.23. The fourth-order valence-corrected chi connectivity index (χ4v) is 3.17. The molecule has 0 N–H and O–H groups in total. The van der Waals surface area contributed by atoms with Gasteiger partial charge < -0.3 is 9.64 Å². The summed E-state index contributed by atoms with van der Waals surface area (Å²) in [6, 6.07) is 0.0719. The highest BCUT2D eigenvalue weighted by atomic mass is 32.1. The fraction of sp³-hybridized carbons (Fsp3) is 0.688. The van der Waals surface area contributed by atoms with Crippen molar-refractivity contribution in [3.05, 3.63) is 16.6 Å². The third-order valence-electron chi connectivity index (χ3n) is 3.75. The van der Waals surface area contributed by atoms with Gasteiger partial charge in [-0.3, -0.25) is 9.69 Å². The van der Waals surface area contributed by atoms with E-state index >= 15 is 0 Å². The summed E-state index contributed by atoms with van der Waals surface area (Å²) < 4.78 is 5.42. The average molecular weight is 339 g/mol. The highest BCUT2D eigenvalue weighted by Crippen LogP contribution is 2.18. The molecule has 0 unspecified atom stereocenters. The van der Waals surface area contributed by atoms with Crippen LogP contribution >= 0.6 is 11.3 Å². The molecule has 2 rings (SSSR count). The number of nitrogens with zero attached hydrogens (tertiary/aromatic N) is 3. The Bertz CT molecular complexity index is 539. The number of piperidine rings is 1. The minimum atomic E-state index is -0.500. The van der Waals surface area contributed by atoms with Crippen molar-refractivity contribution in [3.63, 3.8) is 0 Å². The zero-order valence-electron chi connectivity index (χ0n) is 14.2. The number of hydrogen-bond donors (Lipinski definition) is 0. The third kappa shape index (κ3) is 5.28. The van der Waals surface area contributed by atoms with Gasteiger partial charge in [-0.2, -0.15) is 0 Å². The van der Waals surface area contributed by atoms with Gasteiger partial charge in [0.15, 0.2) is 5.01 Å². The Morgan fingerprint density at radius 3 is 2.83 bits per heavy atom. The summed E-state index contributed by atoms with van der Waals surface area (Å²) in [5.74, 6) is 0.0422. The van der Waals surface area contributed by atoms with Gasteiger partial charge in [0.05, 0.1) is 6.54 Å². The van der Waals surface area contributed by atoms with E-state index in [-0.39, 0.29) is 17.9 Å². The number of likely N-dealkylation sites (tertiary alicyclic amines) is 1. The number of amides is 1. The van der Waals surface area contributed by atoms with E-state index < -0.39 is 5.60 Å². The van der Waals surface area contributed by atoms with E-state index in [0.717, 1.165) is 19.4 Å². The molecular weight excluding hydrogens is 314 g/mol. The Hall–Kier alpha value is -1.47. The third-order valence-corrected chi connectivity index (χ3v) is 4.56. The summed E-state index contributed by atoms with van der Waals surface area (Å²) in [5, 5.41) is 2.36. The molecule has 1 aliphatic heterocycles. The SMILES string of the molecule is CN(C(=O)OC(C)(C)C)[C@@H]1CCCN(CC(=O)c2nccs2)C1. The molecule has 1 aromatic heterocycles. The van der Waals surface area contributed by atoms with Crippen LogP contribution in [-0.4, -0.2) is 65.0 Å². The van der Waals surface area contributed by atoms with E-state index in [1.807, 2.05) is 26.2 Å². The van der Waals surface area contributed by atoms with Gasteiger partial charge in [-0.25, -0.2) is 9.78 Å². The number of rotatable bonds is 4. The molecule has 0 aliphatic carbocycles. The Kier molecular flexibility index (Phi) is 5.75. The van der Waals surface area contributed by atoms with Crippen molar-refractivity contribution >= 4 is 23.2 Å². The largest absolute Gasteiger partial charge is 0.444 e. The molecule has 0 bridgehead atoms. The number of thiazole rings is 1. The molecule has 0 aromatic carbocycles. The smallest absolute Gasteiger partial charge is 0.410 e. The maximum absolute atomic E-state index is 12.2. The Morgan fingerprint density at radius 1 is 1.48 bits per heavy atom. The standard InChI is InChI=1S/C16H25N3O3S/c1-16(2,3)22-15(21)18(4)12-6-5-8-19(10-12)11-13(20)14-17-7-9-23-14/h7,9,12H,5-6,8,10-11H2,1-4H3/t12-/m1/s1. The molecular formula is C16H25N3O3S. The normalized spacial score (nSPS) is 19.4. The molecule has 2 heterocycles. The van der Waals surface area contributed by atoms with Crippen LogP contribution in [0.2, 0.25) is 0 Å². The molecule has 1 atom stereocenters. The quantitative estimate of drug-likeness (QED) is 0.789. The van der Waals surface area contributed by atoms with Gasteiger partial charge in [-0.05, 0) is 40.2 Å². The Balaban J connectivity index is 1.90. The van der Waals surface area contributed by atoms with Crippen LogP contribution in [0.4, 0.5) is 4.79 Å². The first kappa shape index (κ1) is 17.9. The second kappa shape index (κ2) is 7.40. The number of likely N-dealkylation sites (N-methyl/N-ethyl adjacent to an activating group) is 1. The zero-order valence-corrected chi connectivity index (χ0v) is 15.1. The number of carbonyl (C=O) groups is 2. The molecule has 1 aromatic rings. The summed E-state index contributed by atoms with van der Waals surface area (Å²) in [7, 11) is 1.77. The number of ketones is 1. The average Bonchev–Trinajstić information content (AvgIpc) is 2.99. The molecule has 0 spiro atoms. The van der Waals surface area contributed by atoms with Crippen molar-refractivity contribution in [1.29, 1.82) is 0 Å². The van der Waals surface area contributed by atoms with Crippen molar-refractivity contribution in [2.75, 3.05) is 26.7 Å². The number of Topliss-reactive ketones (excluding diaryl/α,β-unsaturated/α-hetero) is 1. The van der Waals surface area contributed by atoms with Crippen LogP contribution in [0, 0.1) is 0 Å². The lowest BCUT2D eigenvalue weighted by molar-refractivity contribution is 0.0139. The van der Waals surface area contributed by atoms with Gasteiger partial charge in [-0.1, -0.05) is 0 Å². The Labute approximate surface area is 141 Å². The van der Waals surface area contributed by atoms with Gasteiger partial charge in [-0.15, -0.1) is 11.3 Å². The van der Waals surface area contributed by atoms with Gasteiger partial charge in [0.25, 0.3) is 0 Å². The van der Waals surface area contributed by atoms with Crippen LogP contribution in [0.25, 0.3) is 0 Å². The lowest BCUT2D eigenvalue weighted by Gasteiger charge is -2.37. The van der Waals surface area contributed by atoms with Crippen molar-refractivity contribution in [2.24, 2.45) is 0 Å². The van der Waals surface area contributed by atoms with Crippen LogP contribution < -0.4 is 0 Å². The first-order valence-electron chi connectivity index (χ1n) is 7.87. The number of aromatic nitrogens is 1. The molecule has 6 nitrogen and oxygen atoms in total. The predicted octanol–water partition coefficient (Wildman–Crippen LogP) is 2.66. The Morgan fingerprint density at radius 2 is 2.22 bits per heavy atom. The van der Waals surface area contributed by atoms with Gasteiger partial charge in [0.1, 0.15) is 5.60 Å². The minimum Gasteiger partial charge on any atom is -0.444 e. The van der Waals surface area contributed by atoms with E-state index in [9.17, 15) is 9.59 Å². The molecule has 7 heteroatoms.